The summed E-state index contributed by atoms with van der Waals surface area (Å²) in [5, 5.41) is 3.95. The monoisotopic (exact) mass is 426 g/mol. The van der Waals surface area contributed by atoms with Crippen LogP contribution in [0.1, 0.15) is 21.6 Å². The highest BCUT2D eigenvalue weighted by Gasteiger charge is 2.24. The Balaban J connectivity index is 1.79. The van der Waals surface area contributed by atoms with Crippen LogP contribution in [0.2, 0.25) is 4.34 Å². The van der Waals surface area contributed by atoms with Crippen LogP contribution in [0.25, 0.3) is 11.3 Å². The van der Waals surface area contributed by atoms with Gasteiger partial charge in [0, 0.05) is 11.1 Å². The Labute approximate surface area is 165 Å². The molecule has 0 aliphatic heterocycles. The highest BCUT2D eigenvalue weighted by atomic mass is 35.5. The smallest absolute Gasteiger partial charge is 0.340 e. The standard InChI is InChI=1S/C17H15ClN2O5S2/c1-10-13(20-25-15(10)11-6-4-3-5-7-11)9-19-27(22,23)14-8-12(16(18)26-14)17(21)24-2/h3-8,19H,9H2,1-2H3. The van der Waals surface area contributed by atoms with Crippen molar-refractivity contribution in [1.29, 1.82) is 0 Å². The van der Waals surface area contributed by atoms with E-state index in [1.807, 2.05) is 30.3 Å². The highest BCUT2D eigenvalue weighted by Crippen LogP contribution is 2.31. The van der Waals surface area contributed by atoms with Crippen LogP contribution < -0.4 is 4.72 Å². The van der Waals surface area contributed by atoms with Gasteiger partial charge in [-0.05, 0) is 13.0 Å². The topological polar surface area (TPSA) is 98.5 Å². The first-order valence-electron chi connectivity index (χ1n) is 7.71. The predicted octanol–water partition coefficient (Wildman–Crippen LogP) is 3.63. The van der Waals surface area contributed by atoms with Gasteiger partial charge < -0.3 is 9.26 Å². The van der Waals surface area contributed by atoms with E-state index in [-0.39, 0.29) is 20.7 Å². The molecule has 0 unspecified atom stereocenters. The van der Waals surface area contributed by atoms with E-state index in [1.165, 1.54) is 13.2 Å². The molecule has 0 radical (unpaired) electrons. The molecule has 27 heavy (non-hydrogen) atoms. The largest absolute Gasteiger partial charge is 0.465 e. The molecule has 142 valence electrons. The van der Waals surface area contributed by atoms with Crippen LogP contribution in [0.15, 0.2) is 45.1 Å². The third-order valence-corrected chi connectivity index (χ3v) is 7.05. The molecule has 0 aliphatic rings. The summed E-state index contributed by atoms with van der Waals surface area (Å²) in [6.45, 7) is 1.74. The Kier molecular flexibility index (Phi) is 5.66. The van der Waals surface area contributed by atoms with E-state index in [2.05, 4.69) is 14.6 Å². The highest BCUT2D eigenvalue weighted by molar-refractivity contribution is 7.91. The van der Waals surface area contributed by atoms with Gasteiger partial charge in [0.2, 0.25) is 10.0 Å². The number of carbonyl (C=O) groups excluding carboxylic acids is 1. The number of rotatable bonds is 6. The van der Waals surface area contributed by atoms with Gasteiger partial charge in [0.15, 0.2) is 5.76 Å². The summed E-state index contributed by atoms with van der Waals surface area (Å²) < 4.78 is 37.3. The average Bonchev–Trinajstić information content (AvgIpc) is 3.23. The number of hydrogen-bond acceptors (Lipinski definition) is 7. The number of benzene rings is 1. The Morgan fingerprint density at radius 3 is 2.70 bits per heavy atom. The van der Waals surface area contributed by atoms with Crippen LogP contribution in [-0.2, 0) is 21.3 Å². The number of esters is 1. The summed E-state index contributed by atoms with van der Waals surface area (Å²) in [5.41, 5.74) is 2.06. The molecule has 1 N–H and O–H groups in total. The maximum absolute atomic E-state index is 12.5. The zero-order valence-electron chi connectivity index (χ0n) is 14.4. The number of carbonyl (C=O) groups is 1. The molecule has 0 saturated heterocycles. The van der Waals surface area contributed by atoms with Gasteiger partial charge in [-0.15, -0.1) is 11.3 Å². The van der Waals surface area contributed by atoms with Crippen LogP contribution in [0.5, 0.6) is 0 Å². The SMILES string of the molecule is COC(=O)c1cc(S(=O)(=O)NCc2noc(-c3ccccc3)c2C)sc1Cl. The second-order valence-electron chi connectivity index (χ2n) is 5.52. The zero-order chi connectivity index (χ0) is 19.6. The maximum Gasteiger partial charge on any atom is 0.340 e. The fraction of sp³-hybridized carbons (Fsp3) is 0.176. The van der Waals surface area contributed by atoms with Gasteiger partial charge in [-0.3, -0.25) is 0 Å². The summed E-state index contributed by atoms with van der Waals surface area (Å²) in [4.78, 5) is 11.6. The number of hydrogen-bond donors (Lipinski definition) is 1. The van der Waals surface area contributed by atoms with Crippen LogP contribution in [0.3, 0.4) is 0 Å². The first-order chi connectivity index (χ1) is 12.8. The molecule has 0 aliphatic carbocycles. The maximum atomic E-state index is 12.5. The number of methoxy groups -OCH3 is 1. The molecular weight excluding hydrogens is 412 g/mol. The van der Waals surface area contributed by atoms with Crippen molar-refractivity contribution in [3.63, 3.8) is 0 Å². The van der Waals surface area contributed by atoms with E-state index in [1.54, 1.807) is 6.92 Å². The van der Waals surface area contributed by atoms with Crippen molar-refractivity contribution in [3.05, 3.63) is 57.6 Å². The molecule has 3 rings (SSSR count). The molecule has 0 bridgehead atoms. The molecule has 2 heterocycles. The third-order valence-electron chi connectivity index (χ3n) is 3.82. The fourth-order valence-electron chi connectivity index (χ4n) is 2.36. The van der Waals surface area contributed by atoms with Gasteiger partial charge in [0.25, 0.3) is 0 Å². The van der Waals surface area contributed by atoms with Crippen molar-refractivity contribution in [2.45, 2.75) is 17.7 Å². The second-order valence-corrected chi connectivity index (χ2v) is 9.17. The average molecular weight is 427 g/mol. The number of aromatic nitrogens is 1. The Morgan fingerprint density at radius 1 is 1.33 bits per heavy atom. The van der Waals surface area contributed by atoms with Crippen molar-refractivity contribution >= 4 is 38.9 Å². The summed E-state index contributed by atoms with van der Waals surface area (Å²) in [6, 6.07) is 10.6. The van der Waals surface area contributed by atoms with Crippen molar-refractivity contribution in [1.82, 2.24) is 9.88 Å². The minimum Gasteiger partial charge on any atom is -0.465 e. The van der Waals surface area contributed by atoms with E-state index in [9.17, 15) is 13.2 Å². The Hall–Kier alpha value is -2.20. The molecule has 10 heteroatoms. The molecule has 2 aromatic heterocycles. The lowest BCUT2D eigenvalue weighted by Gasteiger charge is -2.03. The number of halogens is 1. The van der Waals surface area contributed by atoms with Gasteiger partial charge in [-0.1, -0.05) is 47.1 Å². The molecule has 0 amide bonds. The molecule has 0 fully saturated rings. The number of nitrogens with one attached hydrogen (secondary N) is 1. The first kappa shape index (κ1) is 19.6. The number of thiophene rings is 1. The van der Waals surface area contributed by atoms with E-state index in [0.29, 0.717) is 11.5 Å². The number of sulfonamides is 1. The van der Waals surface area contributed by atoms with Crippen molar-refractivity contribution in [2.24, 2.45) is 0 Å². The molecule has 0 spiro atoms. The van der Waals surface area contributed by atoms with E-state index < -0.39 is 16.0 Å². The van der Waals surface area contributed by atoms with Crippen molar-refractivity contribution < 1.29 is 22.5 Å². The van der Waals surface area contributed by atoms with Gasteiger partial charge in [0.1, 0.15) is 14.2 Å². The molecule has 0 atom stereocenters. The minimum absolute atomic E-state index is 0.00789. The lowest BCUT2D eigenvalue weighted by Crippen LogP contribution is -2.23. The van der Waals surface area contributed by atoms with Gasteiger partial charge in [-0.25, -0.2) is 17.9 Å². The van der Waals surface area contributed by atoms with E-state index in [0.717, 1.165) is 22.5 Å². The van der Waals surface area contributed by atoms with Crippen molar-refractivity contribution in [2.75, 3.05) is 7.11 Å². The van der Waals surface area contributed by atoms with Crippen LogP contribution in [0.4, 0.5) is 0 Å². The van der Waals surface area contributed by atoms with E-state index >= 15 is 0 Å². The molecule has 7 nitrogen and oxygen atoms in total. The fourth-order valence-corrected chi connectivity index (χ4v) is 5.09. The van der Waals surface area contributed by atoms with Crippen LogP contribution >= 0.6 is 22.9 Å². The summed E-state index contributed by atoms with van der Waals surface area (Å²) in [6.07, 6.45) is 0. The zero-order valence-corrected chi connectivity index (χ0v) is 16.7. The molecule has 3 aromatic rings. The van der Waals surface area contributed by atoms with Crippen molar-refractivity contribution in [3.8, 4) is 11.3 Å². The van der Waals surface area contributed by atoms with Crippen LogP contribution in [0, 0.1) is 6.92 Å². The lowest BCUT2D eigenvalue weighted by atomic mass is 10.1. The normalized spacial score (nSPS) is 11.5. The Morgan fingerprint density at radius 2 is 2.04 bits per heavy atom. The summed E-state index contributed by atoms with van der Waals surface area (Å²) in [7, 11) is -2.68. The van der Waals surface area contributed by atoms with Gasteiger partial charge in [0.05, 0.1) is 19.2 Å². The quantitative estimate of drug-likeness (QED) is 0.604. The first-order valence-corrected chi connectivity index (χ1v) is 10.4. The van der Waals surface area contributed by atoms with Gasteiger partial charge in [-0.2, -0.15) is 0 Å². The lowest BCUT2D eigenvalue weighted by molar-refractivity contribution is 0.0601. The molecule has 0 saturated carbocycles. The number of nitrogens with zero attached hydrogens (tertiary/aromatic N) is 1. The second kappa shape index (κ2) is 7.81. The van der Waals surface area contributed by atoms with Gasteiger partial charge >= 0.3 is 5.97 Å². The molecule has 1 aromatic carbocycles. The summed E-state index contributed by atoms with van der Waals surface area (Å²) >= 11 is 6.71. The summed E-state index contributed by atoms with van der Waals surface area (Å²) in [5.74, 6) is -0.116. The Bertz CT molecular complexity index is 1070. The minimum atomic E-state index is -3.88. The third kappa shape index (κ3) is 4.06. The van der Waals surface area contributed by atoms with E-state index in [4.69, 9.17) is 16.1 Å². The number of ether oxygens (including phenoxy) is 1. The molecular formula is C17H15ClN2O5S2. The van der Waals surface area contributed by atoms with Crippen LogP contribution in [-0.4, -0.2) is 26.7 Å². The predicted molar refractivity (Wildman–Crippen MR) is 101 cm³/mol.